The van der Waals surface area contributed by atoms with E-state index in [-0.39, 0.29) is 10.8 Å². The molecule has 3 aromatic rings. The van der Waals surface area contributed by atoms with Gasteiger partial charge in [-0.15, -0.1) is 11.3 Å². The summed E-state index contributed by atoms with van der Waals surface area (Å²) in [6, 6.07) is 12.7. The van der Waals surface area contributed by atoms with Crippen LogP contribution in [0.4, 0.5) is 0 Å². The minimum atomic E-state index is -3.54. The molecule has 0 aliphatic rings. The minimum Gasteiger partial charge on any atom is -0.355 e. The third-order valence-corrected chi connectivity index (χ3v) is 6.23. The first-order valence-electron chi connectivity index (χ1n) is 6.61. The molecule has 0 atom stereocenters. The summed E-state index contributed by atoms with van der Waals surface area (Å²) in [6.07, 6.45) is 1.53. The SMILES string of the molecule is Cc1ccccc1CNS(=O)(=O)c1ccc(-c2ccno2)s1. The highest BCUT2D eigenvalue weighted by Crippen LogP contribution is 2.30. The molecule has 0 spiro atoms. The molecule has 0 amide bonds. The van der Waals surface area contributed by atoms with Gasteiger partial charge in [0.15, 0.2) is 5.76 Å². The summed E-state index contributed by atoms with van der Waals surface area (Å²) in [5.74, 6) is 0.561. The van der Waals surface area contributed by atoms with E-state index in [2.05, 4.69) is 9.88 Å². The number of sulfonamides is 1. The van der Waals surface area contributed by atoms with E-state index in [1.54, 1.807) is 18.2 Å². The fourth-order valence-electron chi connectivity index (χ4n) is 1.99. The zero-order valence-electron chi connectivity index (χ0n) is 11.8. The van der Waals surface area contributed by atoms with Crippen LogP contribution in [0.2, 0.25) is 0 Å². The number of hydrogen-bond donors (Lipinski definition) is 1. The molecule has 0 aliphatic carbocycles. The molecule has 0 bridgehead atoms. The highest BCUT2D eigenvalue weighted by Gasteiger charge is 2.18. The molecule has 5 nitrogen and oxygen atoms in total. The van der Waals surface area contributed by atoms with Gasteiger partial charge in [0, 0.05) is 12.6 Å². The normalized spacial score (nSPS) is 11.7. The Bertz CT molecular complexity index is 868. The quantitative estimate of drug-likeness (QED) is 0.778. The largest absolute Gasteiger partial charge is 0.355 e. The number of hydrogen-bond acceptors (Lipinski definition) is 5. The standard InChI is InChI=1S/C15H14N2O3S2/c1-11-4-2-3-5-12(11)10-17-22(18,19)15-7-6-14(21-15)13-8-9-16-20-13/h2-9,17H,10H2,1H3. The second kappa shape index (κ2) is 6.04. The van der Waals surface area contributed by atoms with Gasteiger partial charge in [-0.2, -0.15) is 0 Å². The molecule has 1 aromatic carbocycles. The van der Waals surface area contributed by atoms with Gasteiger partial charge < -0.3 is 4.52 Å². The maximum atomic E-state index is 12.4. The second-order valence-electron chi connectivity index (χ2n) is 4.75. The van der Waals surface area contributed by atoms with Crippen molar-refractivity contribution in [3.05, 3.63) is 59.8 Å². The van der Waals surface area contributed by atoms with Crippen LogP contribution >= 0.6 is 11.3 Å². The van der Waals surface area contributed by atoms with E-state index < -0.39 is 10.0 Å². The maximum Gasteiger partial charge on any atom is 0.250 e. The van der Waals surface area contributed by atoms with Gasteiger partial charge in [-0.1, -0.05) is 29.4 Å². The Kier molecular flexibility index (Phi) is 4.10. The fourth-order valence-corrected chi connectivity index (χ4v) is 4.31. The molecule has 0 aliphatic heterocycles. The van der Waals surface area contributed by atoms with Crippen LogP contribution in [-0.2, 0) is 16.6 Å². The van der Waals surface area contributed by atoms with Crippen LogP contribution in [0, 0.1) is 6.92 Å². The smallest absolute Gasteiger partial charge is 0.250 e. The lowest BCUT2D eigenvalue weighted by atomic mass is 10.1. The Labute approximate surface area is 132 Å². The summed E-state index contributed by atoms with van der Waals surface area (Å²) in [4.78, 5) is 0.730. The van der Waals surface area contributed by atoms with Crippen molar-refractivity contribution in [2.75, 3.05) is 0 Å². The van der Waals surface area contributed by atoms with Crippen LogP contribution in [-0.4, -0.2) is 13.6 Å². The first-order valence-corrected chi connectivity index (χ1v) is 8.91. The third-order valence-electron chi connectivity index (χ3n) is 3.24. The summed E-state index contributed by atoms with van der Waals surface area (Å²) in [5, 5.41) is 3.62. The molecule has 2 aromatic heterocycles. The molecule has 0 saturated heterocycles. The van der Waals surface area contributed by atoms with Crippen LogP contribution in [0.15, 0.2) is 57.4 Å². The van der Waals surface area contributed by atoms with Crippen LogP contribution in [0.25, 0.3) is 10.6 Å². The number of aryl methyl sites for hydroxylation is 1. The number of thiophene rings is 1. The molecule has 0 radical (unpaired) electrons. The lowest BCUT2D eigenvalue weighted by molar-refractivity contribution is 0.433. The summed E-state index contributed by atoms with van der Waals surface area (Å²) in [5.41, 5.74) is 2.01. The van der Waals surface area contributed by atoms with E-state index in [9.17, 15) is 8.42 Å². The van der Waals surface area contributed by atoms with Gasteiger partial charge in [0.2, 0.25) is 10.0 Å². The molecule has 114 valence electrons. The Morgan fingerprint density at radius 1 is 1.18 bits per heavy atom. The molecule has 3 rings (SSSR count). The molecule has 0 fully saturated rings. The van der Waals surface area contributed by atoms with Crippen molar-refractivity contribution in [2.24, 2.45) is 0 Å². The van der Waals surface area contributed by atoms with Gasteiger partial charge in [0.1, 0.15) is 4.21 Å². The zero-order chi connectivity index (χ0) is 15.6. The number of nitrogens with zero attached hydrogens (tertiary/aromatic N) is 1. The molecular weight excluding hydrogens is 320 g/mol. The van der Waals surface area contributed by atoms with E-state index in [1.165, 1.54) is 6.20 Å². The average molecular weight is 334 g/mol. The van der Waals surface area contributed by atoms with Gasteiger partial charge in [-0.25, -0.2) is 13.1 Å². The van der Waals surface area contributed by atoms with Crippen molar-refractivity contribution < 1.29 is 12.9 Å². The highest BCUT2D eigenvalue weighted by molar-refractivity contribution is 7.91. The monoisotopic (exact) mass is 334 g/mol. The van der Waals surface area contributed by atoms with Crippen molar-refractivity contribution in [3.63, 3.8) is 0 Å². The van der Waals surface area contributed by atoms with Crippen molar-refractivity contribution >= 4 is 21.4 Å². The Morgan fingerprint density at radius 2 is 2.00 bits per heavy atom. The van der Waals surface area contributed by atoms with E-state index in [1.807, 2.05) is 31.2 Å². The first kappa shape index (κ1) is 15.0. The first-order chi connectivity index (χ1) is 10.6. The van der Waals surface area contributed by atoms with Gasteiger partial charge in [-0.05, 0) is 30.2 Å². The van der Waals surface area contributed by atoms with Gasteiger partial charge in [0.05, 0.1) is 11.1 Å². The summed E-state index contributed by atoms with van der Waals surface area (Å²) in [7, 11) is -3.54. The molecule has 2 heterocycles. The topological polar surface area (TPSA) is 72.2 Å². The lowest BCUT2D eigenvalue weighted by Gasteiger charge is -2.07. The number of nitrogens with one attached hydrogen (secondary N) is 1. The van der Waals surface area contributed by atoms with Crippen molar-refractivity contribution in [3.8, 4) is 10.6 Å². The maximum absolute atomic E-state index is 12.4. The molecule has 0 saturated carbocycles. The summed E-state index contributed by atoms with van der Waals surface area (Å²) < 4.78 is 32.6. The second-order valence-corrected chi connectivity index (χ2v) is 7.82. The van der Waals surface area contributed by atoms with E-state index in [0.29, 0.717) is 5.76 Å². The number of rotatable bonds is 5. The highest BCUT2D eigenvalue weighted by atomic mass is 32.2. The van der Waals surface area contributed by atoms with Crippen LogP contribution in [0.1, 0.15) is 11.1 Å². The zero-order valence-corrected chi connectivity index (χ0v) is 13.4. The van der Waals surface area contributed by atoms with Crippen LogP contribution in [0.3, 0.4) is 0 Å². The van der Waals surface area contributed by atoms with Crippen molar-refractivity contribution in [2.45, 2.75) is 17.7 Å². The molecule has 7 heteroatoms. The number of benzene rings is 1. The van der Waals surface area contributed by atoms with Gasteiger partial charge in [0.25, 0.3) is 0 Å². The lowest BCUT2D eigenvalue weighted by Crippen LogP contribution is -2.22. The van der Waals surface area contributed by atoms with E-state index in [0.717, 1.165) is 27.3 Å². The Balaban J connectivity index is 1.77. The van der Waals surface area contributed by atoms with Crippen LogP contribution < -0.4 is 4.72 Å². The molecule has 22 heavy (non-hydrogen) atoms. The molecule has 1 N–H and O–H groups in total. The third kappa shape index (κ3) is 3.11. The summed E-state index contributed by atoms with van der Waals surface area (Å²) >= 11 is 1.15. The summed E-state index contributed by atoms with van der Waals surface area (Å²) in [6.45, 7) is 2.22. The minimum absolute atomic E-state index is 0.257. The van der Waals surface area contributed by atoms with E-state index in [4.69, 9.17) is 4.52 Å². The fraction of sp³-hybridized carbons (Fsp3) is 0.133. The van der Waals surface area contributed by atoms with E-state index >= 15 is 0 Å². The predicted molar refractivity (Wildman–Crippen MR) is 85.0 cm³/mol. The Hall–Kier alpha value is -1.96. The van der Waals surface area contributed by atoms with Crippen molar-refractivity contribution in [1.29, 1.82) is 0 Å². The predicted octanol–water partition coefficient (Wildman–Crippen LogP) is 3.19. The molecular formula is C15H14N2O3S2. The Morgan fingerprint density at radius 3 is 2.73 bits per heavy atom. The average Bonchev–Trinajstić information content (AvgIpc) is 3.17. The van der Waals surface area contributed by atoms with Gasteiger partial charge in [-0.3, -0.25) is 0 Å². The molecule has 0 unspecified atom stereocenters. The van der Waals surface area contributed by atoms with Crippen molar-refractivity contribution in [1.82, 2.24) is 9.88 Å². The number of aromatic nitrogens is 1. The van der Waals surface area contributed by atoms with Crippen LogP contribution in [0.5, 0.6) is 0 Å². The van der Waals surface area contributed by atoms with Gasteiger partial charge >= 0.3 is 0 Å².